The first kappa shape index (κ1) is 11.4. The van der Waals surface area contributed by atoms with E-state index in [0.717, 1.165) is 17.8 Å². The molecule has 5 nitrogen and oxygen atoms in total. The number of aromatic nitrogens is 3. The molecule has 0 saturated heterocycles. The quantitative estimate of drug-likeness (QED) is 0.879. The summed E-state index contributed by atoms with van der Waals surface area (Å²) in [5, 5.41) is 4.30. The molecule has 0 spiro atoms. The predicted octanol–water partition coefficient (Wildman–Crippen LogP) is 2.06. The minimum atomic E-state index is 0.568. The second-order valence-electron chi connectivity index (χ2n) is 3.83. The Morgan fingerprint density at radius 3 is 2.82 bits per heavy atom. The third-order valence-corrected chi connectivity index (χ3v) is 2.61. The summed E-state index contributed by atoms with van der Waals surface area (Å²) >= 11 is 0. The average Bonchev–Trinajstić information content (AvgIpc) is 2.59. The van der Waals surface area contributed by atoms with Crippen LogP contribution in [0.3, 0.4) is 0 Å². The van der Waals surface area contributed by atoms with Gasteiger partial charge in [0.15, 0.2) is 5.75 Å². The monoisotopic (exact) mass is 232 g/mol. The Morgan fingerprint density at radius 2 is 2.24 bits per heavy atom. The second-order valence-corrected chi connectivity index (χ2v) is 3.83. The fraction of sp³-hybridized carbons (Fsp3) is 0.333. The highest BCUT2D eigenvalue weighted by Crippen LogP contribution is 2.30. The first-order chi connectivity index (χ1) is 8.13. The lowest BCUT2D eigenvalue weighted by Gasteiger charge is -2.08. The highest BCUT2D eigenvalue weighted by atomic mass is 16.5. The van der Waals surface area contributed by atoms with Gasteiger partial charge in [-0.15, -0.1) is 0 Å². The average molecular weight is 232 g/mol. The van der Waals surface area contributed by atoms with Crippen LogP contribution in [0, 0.1) is 6.92 Å². The number of anilines is 1. The zero-order valence-electron chi connectivity index (χ0n) is 10.3. The van der Waals surface area contributed by atoms with Crippen LogP contribution in [0.5, 0.6) is 11.6 Å². The summed E-state index contributed by atoms with van der Waals surface area (Å²) in [7, 11) is 1.82. The highest BCUT2D eigenvalue weighted by Gasteiger charge is 2.14. The lowest BCUT2D eigenvalue weighted by atomic mass is 10.3. The molecule has 0 radical (unpaired) electrons. The molecular formula is C12H16N4O. The first-order valence-corrected chi connectivity index (χ1v) is 5.54. The molecule has 5 heteroatoms. The lowest BCUT2D eigenvalue weighted by Crippen LogP contribution is -1.98. The van der Waals surface area contributed by atoms with Crippen LogP contribution in [-0.4, -0.2) is 14.8 Å². The number of ether oxygens (including phenoxy) is 1. The van der Waals surface area contributed by atoms with Crippen molar-refractivity contribution in [2.24, 2.45) is 7.05 Å². The molecule has 2 rings (SSSR count). The number of nitrogens with zero attached hydrogens (tertiary/aromatic N) is 3. The molecule has 2 N–H and O–H groups in total. The van der Waals surface area contributed by atoms with Gasteiger partial charge in [-0.1, -0.05) is 6.92 Å². The van der Waals surface area contributed by atoms with E-state index >= 15 is 0 Å². The van der Waals surface area contributed by atoms with E-state index in [1.165, 1.54) is 0 Å². The molecule has 17 heavy (non-hydrogen) atoms. The van der Waals surface area contributed by atoms with Crippen LogP contribution in [0.1, 0.15) is 18.3 Å². The van der Waals surface area contributed by atoms with Gasteiger partial charge in [0.2, 0.25) is 5.88 Å². The number of aryl methyl sites for hydroxylation is 3. The third-order valence-electron chi connectivity index (χ3n) is 2.61. The first-order valence-electron chi connectivity index (χ1n) is 5.54. The summed E-state index contributed by atoms with van der Waals surface area (Å²) in [6.07, 6.45) is 2.52. The van der Waals surface area contributed by atoms with E-state index in [0.29, 0.717) is 17.3 Å². The summed E-state index contributed by atoms with van der Waals surface area (Å²) in [6.45, 7) is 3.90. The Hall–Kier alpha value is -2.04. The van der Waals surface area contributed by atoms with Crippen LogP contribution in [-0.2, 0) is 13.5 Å². The smallest absolute Gasteiger partial charge is 0.241 e. The predicted molar refractivity (Wildman–Crippen MR) is 66.0 cm³/mol. The topological polar surface area (TPSA) is 66.0 Å². The minimum Gasteiger partial charge on any atom is -0.435 e. The molecule has 0 aromatic carbocycles. The van der Waals surface area contributed by atoms with Gasteiger partial charge in [0.05, 0.1) is 11.4 Å². The maximum absolute atomic E-state index is 5.98. The van der Waals surface area contributed by atoms with E-state index in [4.69, 9.17) is 10.5 Å². The molecule has 0 atom stereocenters. The Kier molecular flexibility index (Phi) is 2.99. The van der Waals surface area contributed by atoms with E-state index in [9.17, 15) is 0 Å². The van der Waals surface area contributed by atoms with Crippen molar-refractivity contribution < 1.29 is 4.74 Å². The van der Waals surface area contributed by atoms with Gasteiger partial charge in [0.25, 0.3) is 0 Å². The Bertz CT molecular complexity index is 533. The van der Waals surface area contributed by atoms with Crippen molar-refractivity contribution >= 4 is 5.69 Å². The second kappa shape index (κ2) is 4.45. The lowest BCUT2D eigenvalue weighted by molar-refractivity contribution is 0.427. The molecule has 0 bridgehead atoms. The Labute approximate surface area is 100 Å². The molecule has 2 heterocycles. The van der Waals surface area contributed by atoms with E-state index < -0.39 is 0 Å². The van der Waals surface area contributed by atoms with Crippen LogP contribution in [0.4, 0.5) is 5.69 Å². The van der Waals surface area contributed by atoms with Crippen LogP contribution >= 0.6 is 0 Å². The van der Waals surface area contributed by atoms with E-state index in [2.05, 4.69) is 10.1 Å². The van der Waals surface area contributed by atoms with Gasteiger partial charge in [0.1, 0.15) is 5.69 Å². The van der Waals surface area contributed by atoms with Gasteiger partial charge in [-0.05, 0) is 25.5 Å². The number of hydrogen-bond donors (Lipinski definition) is 1. The van der Waals surface area contributed by atoms with Crippen LogP contribution in [0.25, 0.3) is 0 Å². The van der Waals surface area contributed by atoms with Gasteiger partial charge in [-0.3, -0.25) is 4.98 Å². The van der Waals surface area contributed by atoms with Gasteiger partial charge in [-0.2, -0.15) is 5.10 Å². The number of nitrogens with two attached hydrogens (primary N) is 1. The van der Waals surface area contributed by atoms with Crippen LogP contribution in [0.15, 0.2) is 18.3 Å². The molecule has 0 aliphatic heterocycles. The van der Waals surface area contributed by atoms with Crippen molar-refractivity contribution in [3.05, 3.63) is 29.7 Å². The number of nitrogen functional groups attached to an aromatic ring is 1. The van der Waals surface area contributed by atoms with Crippen LogP contribution in [0.2, 0.25) is 0 Å². The van der Waals surface area contributed by atoms with Gasteiger partial charge >= 0.3 is 0 Å². The zero-order valence-corrected chi connectivity index (χ0v) is 10.3. The maximum atomic E-state index is 5.98. The van der Waals surface area contributed by atoms with Gasteiger partial charge < -0.3 is 10.5 Å². The molecule has 0 aliphatic rings. The van der Waals surface area contributed by atoms with E-state index in [1.54, 1.807) is 10.9 Å². The molecule has 0 fully saturated rings. The summed E-state index contributed by atoms with van der Waals surface area (Å²) in [6, 6.07) is 3.69. The summed E-state index contributed by atoms with van der Waals surface area (Å²) < 4.78 is 7.42. The van der Waals surface area contributed by atoms with Gasteiger partial charge in [0, 0.05) is 13.2 Å². The molecule has 90 valence electrons. The van der Waals surface area contributed by atoms with Crippen LogP contribution < -0.4 is 10.5 Å². The van der Waals surface area contributed by atoms with E-state index in [-0.39, 0.29) is 0 Å². The molecule has 2 aromatic rings. The largest absolute Gasteiger partial charge is 0.435 e. The maximum Gasteiger partial charge on any atom is 0.241 e. The molecule has 0 unspecified atom stereocenters. The summed E-state index contributed by atoms with van der Waals surface area (Å²) in [4.78, 5) is 4.17. The fourth-order valence-electron chi connectivity index (χ4n) is 1.64. The van der Waals surface area contributed by atoms with Crippen molar-refractivity contribution in [1.29, 1.82) is 0 Å². The Balaban J connectivity index is 2.37. The number of hydrogen-bond acceptors (Lipinski definition) is 4. The molecule has 0 amide bonds. The number of pyridine rings is 1. The molecule has 0 aliphatic carbocycles. The molecular weight excluding hydrogens is 216 g/mol. The fourth-order valence-corrected chi connectivity index (χ4v) is 1.64. The molecule has 0 saturated carbocycles. The zero-order chi connectivity index (χ0) is 12.4. The van der Waals surface area contributed by atoms with Gasteiger partial charge in [-0.25, -0.2) is 4.68 Å². The summed E-state index contributed by atoms with van der Waals surface area (Å²) in [5.74, 6) is 1.27. The van der Waals surface area contributed by atoms with Crippen molar-refractivity contribution in [2.75, 3.05) is 5.73 Å². The van der Waals surface area contributed by atoms with Crippen molar-refractivity contribution in [3.63, 3.8) is 0 Å². The van der Waals surface area contributed by atoms with E-state index in [1.807, 2.05) is 33.0 Å². The Morgan fingerprint density at radius 1 is 1.47 bits per heavy atom. The normalized spacial score (nSPS) is 10.5. The van der Waals surface area contributed by atoms with Crippen molar-refractivity contribution in [2.45, 2.75) is 20.3 Å². The standard InChI is InChI=1S/C12H16N4O/c1-4-9-11(13)12(16(3)15-9)17-10-6-5-7-14-8(10)2/h5-7H,4,13H2,1-3H3. The minimum absolute atomic E-state index is 0.568. The SMILES string of the molecule is CCc1nn(C)c(Oc2cccnc2C)c1N. The summed E-state index contributed by atoms with van der Waals surface area (Å²) in [5.41, 5.74) is 8.26. The molecule has 2 aromatic heterocycles. The van der Waals surface area contributed by atoms with Crippen molar-refractivity contribution in [1.82, 2.24) is 14.8 Å². The number of rotatable bonds is 3. The highest BCUT2D eigenvalue weighted by molar-refractivity contribution is 5.54. The third kappa shape index (κ3) is 2.08. The van der Waals surface area contributed by atoms with Crippen molar-refractivity contribution in [3.8, 4) is 11.6 Å².